The number of rotatable bonds is 31. The van der Waals surface area contributed by atoms with Crippen LogP contribution >= 0.6 is 0 Å². The van der Waals surface area contributed by atoms with Crippen molar-refractivity contribution in [2.45, 2.75) is 219 Å². The van der Waals surface area contributed by atoms with Gasteiger partial charge in [0.05, 0.1) is 6.10 Å². The van der Waals surface area contributed by atoms with E-state index in [0.717, 1.165) is 12.8 Å². The lowest BCUT2D eigenvalue weighted by atomic mass is 10.0. The number of ether oxygens (including phenoxy) is 1. The molecular weight excluding hydrogens is 452 g/mol. The van der Waals surface area contributed by atoms with Crippen LogP contribution in [0.5, 0.6) is 0 Å². The summed E-state index contributed by atoms with van der Waals surface area (Å²) in [5.74, 6) is 0.0246. The van der Waals surface area contributed by atoms with Gasteiger partial charge in [0.1, 0.15) is 0 Å². The number of carbonyl (C=O) groups is 1. The quantitative estimate of drug-likeness (QED) is 0.0668. The van der Waals surface area contributed by atoms with E-state index in [9.17, 15) is 4.79 Å². The lowest BCUT2D eigenvalue weighted by molar-refractivity contribution is -0.148. The van der Waals surface area contributed by atoms with Gasteiger partial charge in [0.2, 0.25) is 0 Å². The van der Waals surface area contributed by atoms with E-state index in [0.29, 0.717) is 6.42 Å². The van der Waals surface area contributed by atoms with E-state index in [1.807, 2.05) is 0 Å². The van der Waals surface area contributed by atoms with E-state index in [4.69, 9.17) is 4.74 Å². The van der Waals surface area contributed by atoms with Gasteiger partial charge >= 0.3 is 5.97 Å². The summed E-state index contributed by atoms with van der Waals surface area (Å²) in [6.45, 7) is 6.65. The zero-order valence-corrected chi connectivity index (χ0v) is 26.1. The normalized spacial score (nSPS) is 12.2. The van der Waals surface area contributed by atoms with Gasteiger partial charge in [-0.05, 0) is 26.2 Å². The maximum absolute atomic E-state index is 12.1. The smallest absolute Gasteiger partial charge is 0.306 e. The molecule has 222 valence electrons. The van der Waals surface area contributed by atoms with Gasteiger partial charge in [0.15, 0.2) is 0 Å². The van der Waals surface area contributed by atoms with E-state index in [2.05, 4.69) is 20.8 Å². The van der Waals surface area contributed by atoms with Crippen molar-refractivity contribution in [2.75, 3.05) is 0 Å². The number of hydrogen-bond donors (Lipinski definition) is 0. The first-order valence-electron chi connectivity index (χ1n) is 17.4. The summed E-state index contributed by atoms with van der Waals surface area (Å²) in [4.78, 5) is 12.1. The standard InChI is InChI=1S/C35H70O2/c1-4-6-8-10-12-14-16-17-18-19-20-21-23-25-27-29-31-33-35(36)37-34(3)32-30-28-26-24-22-15-13-11-9-7-5-2/h34H,4-33H2,1-3H3. The first-order chi connectivity index (χ1) is 18.2. The van der Waals surface area contributed by atoms with Crippen molar-refractivity contribution in [3.63, 3.8) is 0 Å². The summed E-state index contributed by atoms with van der Waals surface area (Å²) < 4.78 is 5.63. The third-order valence-corrected chi connectivity index (χ3v) is 8.03. The second-order valence-corrected chi connectivity index (χ2v) is 12.0. The Bertz CT molecular complexity index is 433. The minimum Gasteiger partial charge on any atom is -0.463 e. The molecule has 0 N–H and O–H groups in total. The van der Waals surface area contributed by atoms with Gasteiger partial charge < -0.3 is 4.74 Å². The van der Waals surface area contributed by atoms with Crippen molar-refractivity contribution in [3.8, 4) is 0 Å². The van der Waals surface area contributed by atoms with Crippen LogP contribution in [0, 0.1) is 0 Å². The van der Waals surface area contributed by atoms with E-state index in [1.54, 1.807) is 0 Å². The van der Waals surface area contributed by atoms with Crippen molar-refractivity contribution in [1.29, 1.82) is 0 Å². The molecular formula is C35H70O2. The van der Waals surface area contributed by atoms with Gasteiger partial charge in [0.25, 0.3) is 0 Å². The summed E-state index contributed by atoms with van der Waals surface area (Å²) in [7, 11) is 0. The highest BCUT2D eigenvalue weighted by Gasteiger charge is 2.09. The molecule has 0 rings (SSSR count). The Hall–Kier alpha value is -0.530. The molecule has 1 atom stereocenters. The molecule has 0 aliphatic carbocycles. The van der Waals surface area contributed by atoms with Crippen molar-refractivity contribution in [1.82, 2.24) is 0 Å². The van der Waals surface area contributed by atoms with Crippen LogP contribution in [0.4, 0.5) is 0 Å². The average Bonchev–Trinajstić information content (AvgIpc) is 2.89. The lowest BCUT2D eigenvalue weighted by Crippen LogP contribution is -2.14. The lowest BCUT2D eigenvalue weighted by Gasteiger charge is -2.13. The average molecular weight is 523 g/mol. The first-order valence-corrected chi connectivity index (χ1v) is 17.4. The monoisotopic (exact) mass is 523 g/mol. The van der Waals surface area contributed by atoms with Gasteiger partial charge in [0, 0.05) is 6.42 Å². The Morgan fingerprint density at radius 1 is 0.432 bits per heavy atom. The van der Waals surface area contributed by atoms with Crippen molar-refractivity contribution < 1.29 is 9.53 Å². The van der Waals surface area contributed by atoms with E-state index in [1.165, 1.54) is 173 Å². The summed E-state index contributed by atoms with van der Waals surface area (Å²) in [5, 5.41) is 0. The summed E-state index contributed by atoms with van der Waals surface area (Å²) in [6.07, 6.45) is 40.1. The van der Waals surface area contributed by atoms with Gasteiger partial charge in [-0.3, -0.25) is 4.79 Å². The fraction of sp³-hybridized carbons (Fsp3) is 0.971. The van der Waals surface area contributed by atoms with Crippen LogP contribution in [0.25, 0.3) is 0 Å². The Balaban J connectivity index is 3.26. The van der Waals surface area contributed by atoms with Gasteiger partial charge in [-0.15, -0.1) is 0 Å². The molecule has 0 saturated carbocycles. The summed E-state index contributed by atoms with van der Waals surface area (Å²) >= 11 is 0. The van der Waals surface area contributed by atoms with Crippen molar-refractivity contribution in [3.05, 3.63) is 0 Å². The molecule has 0 aromatic heterocycles. The largest absolute Gasteiger partial charge is 0.463 e. The number of carbonyl (C=O) groups excluding carboxylic acids is 1. The van der Waals surface area contributed by atoms with E-state index in [-0.39, 0.29) is 12.1 Å². The van der Waals surface area contributed by atoms with Gasteiger partial charge in [-0.25, -0.2) is 0 Å². The van der Waals surface area contributed by atoms with E-state index >= 15 is 0 Å². The molecule has 2 heteroatoms. The minimum atomic E-state index is 0.0246. The predicted molar refractivity (Wildman–Crippen MR) is 165 cm³/mol. The third-order valence-electron chi connectivity index (χ3n) is 8.03. The van der Waals surface area contributed by atoms with Crippen LogP contribution in [0.2, 0.25) is 0 Å². The molecule has 0 heterocycles. The summed E-state index contributed by atoms with van der Waals surface area (Å²) in [6, 6.07) is 0. The van der Waals surface area contributed by atoms with Crippen LogP contribution in [0.3, 0.4) is 0 Å². The second kappa shape index (κ2) is 31.7. The molecule has 0 saturated heterocycles. The highest BCUT2D eigenvalue weighted by Crippen LogP contribution is 2.16. The molecule has 0 aromatic rings. The highest BCUT2D eigenvalue weighted by atomic mass is 16.5. The zero-order valence-electron chi connectivity index (χ0n) is 26.1. The highest BCUT2D eigenvalue weighted by molar-refractivity contribution is 5.69. The maximum atomic E-state index is 12.1. The Morgan fingerprint density at radius 2 is 0.703 bits per heavy atom. The predicted octanol–water partition coefficient (Wildman–Crippen LogP) is 12.7. The Morgan fingerprint density at radius 3 is 1.03 bits per heavy atom. The SMILES string of the molecule is CCCCCCCCCCCCCCCCCCCC(=O)OC(C)CCCCCCCCCCCCC. The van der Waals surface area contributed by atoms with Crippen LogP contribution in [0.15, 0.2) is 0 Å². The zero-order chi connectivity index (χ0) is 27.1. The van der Waals surface area contributed by atoms with Crippen molar-refractivity contribution >= 4 is 5.97 Å². The van der Waals surface area contributed by atoms with E-state index < -0.39 is 0 Å². The van der Waals surface area contributed by atoms with Gasteiger partial charge in [-0.2, -0.15) is 0 Å². The third kappa shape index (κ3) is 31.6. The molecule has 0 radical (unpaired) electrons. The minimum absolute atomic E-state index is 0.0246. The number of esters is 1. The van der Waals surface area contributed by atoms with Crippen LogP contribution in [0.1, 0.15) is 213 Å². The molecule has 0 fully saturated rings. The summed E-state index contributed by atoms with van der Waals surface area (Å²) in [5.41, 5.74) is 0. The van der Waals surface area contributed by atoms with Crippen LogP contribution in [-0.4, -0.2) is 12.1 Å². The number of unbranched alkanes of at least 4 members (excludes halogenated alkanes) is 26. The Kier molecular flexibility index (Phi) is 31.2. The number of hydrogen-bond acceptors (Lipinski definition) is 2. The molecule has 0 bridgehead atoms. The molecule has 0 aromatic carbocycles. The second-order valence-electron chi connectivity index (χ2n) is 12.0. The van der Waals surface area contributed by atoms with Crippen LogP contribution in [-0.2, 0) is 9.53 Å². The van der Waals surface area contributed by atoms with Crippen molar-refractivity contribution in [2.24, 2.45) is 0 Å². The Labute approximate surface area is 234 Å². The molecule has 0 spiro atoms. The molecule has 0 aliphatic rings. The fourth-order valence-electron chi connectivity index (χ4n) is 5.43. The van der Waals surface area contributed by atoms with Gasteiger partial charge in [-0.1, -0.05) is 181 Å². The molecule has 0 amide bonds. The molecule has 0 aliphatic heterocycles. The first kappa shape index (κ1) is 36.5. The topological polar surface area (TPSA) is 26.3 Å². The molecule has 2 nitrogen and oxygen atoms in total. The fourth-order valence-corrected chi connectivity index (χ4v) is 5.43. The maximum Gasteiger partial charge on any atom is 0.306 e. The molecule has 37 heavy (non-hydrogen) atoms. The van der Waals surface area contributed by atoms with Crippen LogP contribution < -0.4 is 0 Å². The molecule has 1 unspecified atom stereocenters.